The molecule has 1 unspecified atom stereocenters. The van der Waals surface area contributed by atoms with E-state index in [1.165, 1.54) is 66.8 Å². The topological polar surface area (TPSA) is 16.4 Å². The molecule has 11 aromatic rings. The van der Waals surface area contributed by atoms with Crippen LogP contribution in [0, 0.1) is 0 Å². The maximum atomic E-state index is 6.54. The minimum Gasteiger partial charge on any atom is -0.455 e. The van der Waals surface area contributed by atoms with Crippen LogP contribution in [0.4, 0.5) is 17.1 Å². The summed E-state index contributed by atoms with van der Waals surface area (Å²) in [6, 6.07) is 87.1. The summed E-state index contributed by atoms with van der Waals surface area (Å²) in [7, 11) is 0. The highest BCUT2D eigenvalue weighted by molar-refractivity contribution is 6.09. The number of anilines is 3. The Morgan fingerprint density at radius 1 is 0.333 bits per heavy atom. The second-order valence-electron chi connectivity index (χ2n) is 18.4. The smallest absolute Gasteiger partial charge is 0.143 e. The van der Waals surface area contributed by atoms with E-state index in [2.05, 4.69) is 249 Å². The Balaban J connectivity index is 1.01. The molecule has 13 rings (SSSR count). The molecule has 0 spiro atoms. The first-order valence-corrected chi connectivity index (χ1v) is 23.0. The summed E-state index contributed by atoms with van der Waals surface area (Å²) >= 11 is 0. The Hall–Kier alpha value is -8.20. The van der Waals surface area contributed by atoms with Crippen LogP contribution < -0.4 is 4.90 Å². The van der Waals surface area contributed by atoms with Crippen molar-refractivity contribution in [3.63, 3.8) is 0 Å². The van der Waals surface area contributed by atoms with Gasteiger partial charge in [-0.1, -0.05) is 208 Å². The number of fused-ring (bicyclic) bond motifs is 9. The molecule has 1 aromatic heterocycles. The van der Waals surface area contributed by atoms with Crippen molar-refractivity contribution in [3.8, 4) is 44.5 Å². The predicted octanol–water partition coefficient (Wildman–Crippen LogP) is 17.1. The van der Waals surface area contributed by atoms with Gasteiger partial charge in [0.2, 0.25) is 0 Å². The molecule has 312 valence electrons. The van der Waals surface area contributed by atoms with Gasteiger partial charge in [0, 0.05) is 38.8 Å². The number of furan rings is 1. The van der Waals surface area contributed by atoms with E-state index in [0.717, 1.165) is 50.1 Å². The third kappa shape index (κ3) is 5.61. The zero-order valence-electron chi connectivity index (χ0n) is 36.9. The van der Waals surface area contributed by atoms with E-state index in [1.54, 1.807) is 0 Å². The number of hydrogen-bond donors (Lipinski definition) is 0. The average molecular weight is 844 g/mol. The van der Waals surface area contributed by atoms with Crippen LogP contribution in [-0.2, 0) is 10.8 Å². The number of benzene rings is 10. The molecule has 0 bridgehead atoms. The van der Waals surface area contributed by atoms with Crippen molar-refractivity contribution in [1.29, 1.82) is 0 Å². The Morgan fingerprint density at radius 2 is 0.833 bits per heavy atom. The molecule has 2 aliphatic rings. The van der Waals surface area contributed by atoms with E-state index in [-0.39, 0.29) is 5.41 Å². The van der Waals surface area contributed by atoms with Crippen LogP contribution in [0.5, 0.6) is 0 Å². The molecule has 1 atom stereocenters. The lowest BCUT2D eigenvalue weighted by Gasteiger charge is -2.35. The molecular weight excluding hydrogens is 799 g/mol. The van der Waals surface area contributed by atoms with Crippen molar-refractivity contribution in [2.45, 2.75) is 24.7 Å². The SMILES string of the molecule is CC1(C)c2ccccc2-c2ccc(N(c3ccc(-c4ccccc4)cc3)c3ccc4c(c3)C(c3ccccc3)(c3ccc(-c5cccc6c5oc5ccccc56)cc3)c3ccccc3-4)cc21. The van der Waals surface area contributed by atoms with Gasteiger partial charge < -0.3 is 9.32 Å². The lowest BCUT2D eigenvalue weighted by molar-refractivity contribution is 0.660. The van der Waals surface area contributed by atoms with Crippen molar-refractivity contribution in [1.82, 2.24) is 0 Å². The Bertz CT molecular complexity index is 3660. The summed E-state index contributed by atoms with van der Waals surface area (Å²) in [5.41, 5.74) is 21.9. The third-order valence-corrected chi connectivity index (χ3v) is 14.6. The maximum absolute atomic E-state index is 6.54. The van der Waals surface area contributed by atoms with E-state index in [1.807, 2.05) is 6.07 Å². The van der Waals surface area contributed by atoms with Gasteiger partial charge >= 0.3 is 0 Å². The first-order valence-electron chi connectivity index (χ1n) is 23.0. The van der Waals surface area contributed by atoms with Crippen LogP contribution >= 0.6 is 0 Å². The largest absolute Gasteiger partial charge is 0.455 e. The van der Waals surface area contributed by atoms with Crippen molar-refractivity contribution in [2.24, 2.45) is 0 Å². The first-order chi connectivity index (χ1) is 32.5. The second-order valence-corrected chi connectivity index (χ2v) is 18.4. The molecule has 2 nitrogen and oxygen atoms in total. The van der Waals surface area contributed by atoms with Gasteiger partial charge in [-0.25, -0.2) is 0 Å². The van der Waals surface area contributed by atoms with E-state index >= 15 is 0 Å². The maximum Gasteiger partial charge on any atom is 0.143 e. The van der Waals surface area contributed by atoms with E-state index < -0.39 is 5.41 Å². The van der Waals surface area contributed by atoms with Gasteiger partial charge in [-0.15, -0.1) is 0 Å². The van der Waals surface area contributed by atoms with Gasteiger partial charge in [-0.3, -0.25) is 0 Å². The minimum absolute atomic E-state index is 0.144. The molecule has 2 heteroatoms. The van der Waals surface area contributed by atoms with Crippen LogP contribution in [0.2, 0.25) is 0 Å². The number of hydrogen-bond acceptors (Lipinski definition) is 2. The fraction of sp³-hybridized carbons (Fsp3) is 0.0625. The Labute approximate surface area is 385 Å². The summed E-state index contributed by atoms with van der Waals surface area (Å²) in [6.07, 6.45) is 0. The standard InChI is InChI=1S/C64H45NO/c1-63(2)57-25-12-9-20-51(57)53-38-36-48(40-59(53)63)65(47-34-30-43(31-35-47)42-16-5-3-6-17-42)49-37-39-54-52-21-10-13-26-58(52)64(60(54)41-49,45-18-7-4-8-19-45)46-32-28-44(29-33-46)50-23-15-24-56-55-22-11-14-27-61(55)66-62(50)56/h3-41H,1-2H3. The molecule has 66 heavy (non-hydrogen) atoms. The van der Waals surface area contributed by atoms with Crippen molar-refractivity contribution in [3.05, 3.63) is 270 Å². The highest BCUT2D eigenvalue weighted by Crippen LogP contribution is 2.58. The molecule has 0 saturated heterocycles. The van der Waals surface area contributed by atoms with Gasteiger partial charge in [0.1, 0.15) is 11.2 Å². The van der Waals surface area contributed by atoms with Crippen molar-refractivity contribution in [2.75, 3.05) is 4.90 Å². The molecule has 0 N–H and O–H groups in total. The van der Waals surface area contributed by atoms with E-state index in [4.69, 9.17) is 4.42 Å². The summed E-state index contributed by atoms with van der Waals surface area (Å²) < 4.78 is 6.54. The molecule has 0 saturated carbocycles. The molecular formula is C64H45NO. The van der Waals surface area contributed by atoms with E-state index in [0.29, 0.717) is 0 Å². The quantitative estimate of drug-likeness (QED) is 0.159. The zero-order chi connectivity index (χ0) is 44.0. The highest BCUT2D eigenvalue weighted by atomic mass is 16.3. The normalized spacial score (nSPS) is 15.3. The monoisotopic (exact) mass is 843 g/mol. The first kappa shape index (κ1) is 38.3. The summed E-state index contributed by atoms with van der Waals surface area (Å²) in [5.74, 6) is 0. The average Bonchev–Trinajstić information content (AvgIpc) is 3.98. The summed E-state index contributed by atoms with van der Waals surface area (Å²) in [4.78, 5) is 2.46. The van der Waals surface area contributed by atoms with Gasteiger partial charge in [0.15, 0.2) is 0 Å². The zero-order valence-corrected chi connectivity index (χ0v) is 36.9. The number of nitrogens with zero attached hydrogens (tertiary/aromatic N) is 1. The van der Waals surface area contributed by atoms with Crippen molar-refractivity contribution >= 4 is 39.0 Å². The van der Waals surface area contributed by atoms with Crippen LogP contribution in [0.25, 0.3) is 66.4 Å². The molecule has 10 aromatic carbocycles. The van der Waals surface area contributed by atoms with Crippen LogP contribution in [-0.4, -0.2) is 0 Å². The molecule has 0 amide bonds. The van der Waals surface area contributed by atoms with Crippen LogP contribution in [0.1, 0.15) is 47.2 Å². The Kier molecular flexibility index (Phi) is 8.51. The molecule has 0 aliphatic heterocycles. The Morgan fingerprint density at radius 3 is 1.58 bits per heavy atom. The molecule has 0 radical (unpaired) electrons. The fourth-order valence-corrected chi connectivity index (χ4v) is 11.5. The number of rotatable bonds is 7. The molecule has 2 aliphatic carbocycles. The van der Waals surface area contributed by atoms with Crippen LogP contribution in [0.3, 0.4) is 0 Å². The van der Waals surface area contributed by atoms with Gasteiger partial charge in [-0.05, 0) is 115 Å². The predicted molar refractivity (Wildman–Crippen MR) is 274 cm³/mol. The summed E-state index contributed by atoms with van der Waals surface area (Å²) in [6.45, 7) is 4.73. The van der Waals surface area contributed by atoms with Crippen LogP contribution in [0.15, 0.2) is 241 Å². The van der Waals surface area contributed by atoms with Gasteiger partial charge in [0.05, 0.1) is 5.41 Å². The molecule has 0 fully saturated rings. The van der Waals surface area contributed by atoms with Crippen molar-refractivity contribution < 1.29 is 4.42 Å². The minimum atomic E-state index is -0.600. The lowest BCUT2D eigenvalue weighted by Crippen LogP contribution is -2.28. The second kappa shape index (κ2) is 14.7. The highest BCUT2D eigenvalue weighted by Gasteiger charge is 2.46. The number of para-hydroxylation sites is 2. The molecule has 1 heterocycles. The van der Waals surface area contributed by atoms with Gasteiger partial charge in [0.25, 0.3) is 0 Å². The van der Waals surface area contributed by atoms with E-state index in [9.17, 15) is 0 Å². The lowest BCUT2D eigenvalue weighted by atomic mass is 9.67. The van der Waals surface area contributed by atoms with Gasteiger partial charge in [-0.2, -0.15) is 0 Å². The summed E-state index contributed by atoms with van der Waals surface area (Å²) in [5, 5.41) is 2.27. The fourth-order valence-electron chi connectivity index (χ4n) is 11.5. The third-order valence-electron chi connectivity index (χ3n) is 14.6.